The summed E-state index contributed by atoms with van der Waals surface area (Å²) in [6, 6.07) is -3.31. The summed E-state index contributed by atoms with van der Waals surface area (Å²) >= 11 is 9.98. The van der Waals surface area contributed by atoms with E-state index in [4.69, 9.17) is 67.4 Å². The van der Waals surface area contributed by atoms with E-state index in [9.17, 15) is 113 Å². The van der Waals surface area contributed by atoms with Gasteiger partial charge in [-0.1, -0.05) is 50.8 Å². The number of unbranched alkanes of at least 4 members (excludes halogenated alkanes) is 9. The van der Waals surface area contributed by atoms with Crippen molar-refractivity contribution in [2.45, 2.75) is 305 Å². The van der Waals surface area contributed by atoms with Gasteiger partial charge in [-0.15, -0.1) is 0 Å². The van der Waals surface area contributed by atoms with Crippen LogP contribution < -0.4 is 16.0 Å². The van der Waals surface area contributed by atoms with Gasteiger partial charge in [0.1, 0.15) is 90.4 Å². The van der Waals surface area contributed by atoms with E-state index in [0.717, 1.165) is 7.11 Å². The monoisotopic (exact) mass is 1890 g/mol. The number of aliphatic hydroxyl groups is 10. The molecule has 0 aliphatic carbocycles. The standard InChI is InChI=1S/C79H139N6O35P3S2/c1-53(90)80-65-71(102)68(99)59(44-86)118-74(65)110-41-17-23-56(93)20-11-5-8-14-26-62(96)83-35-29-77(47-89,30-36-83)48-114-122(107,124)116-51-79(33-39-85(40-34-79)64(98)28-16-10-7-13-22-58(95)25-19-43-112-76-67(82-55(3)92)73(104)70(101)61(46-88)120-76)52-117-123(108,125)115-50-78(49-113-121(105,106)109-4)31-37-84(38-32-78)63(97)27-15-9-6-12-21-57(94)24-18-42-111-75-66(81-54(2)91)72(103)69(100)60(45-87)119-75/h59-61,65-76,86-89,99-104H,5-52H2,1-4H3,(H,80,90)(H,81,91)(H,82,92)(H,105,106)(H,107,124)(H,108,125)/t59-,60-,61-,65-,66-,67-,68+,69+,70+,71-,72-,73-,74-,75-,76-,122?,123?/m1/s1. The first-order chi connectivity index (χ1) is 59.3. The summed E-state index contributed by atoms with van der Waals surface area (Å²) in [6.07, 6.45) is -4.11. The molecule has 6 aliphatic heterocycles. The maximum Gasteiger partial charge on any atom is 0.471 e. The van der Waals surface area contributed by atoms with Gasteiger partial charge in [-0.25, -0.2) is 9.13 Å². The molecular weight excluding hydrogens is 1750 g/mol. The van der Waals surface area contributed by atoms with Crippen LogP contribution in [0, 0.1) is 16.2 Å². The van der Waals surface area contributed by atoms with Gasteiger partial charge < -0.3 is 138 Å². The summed E-state index contributed by atoms with van der Waals surface area (Å²) in [5.74, 6) is -1.91. The molecule has 6 fully saturated rings. The van der Waals surface area contributed by atoms with Crippen molar-refractivity contribution in [2.24, 2.45) is 16.2 Å². The molecule has 125 heavy (non-hydrogen) atoms. The van der Waals surface area contributed by atoms with Crippen LogP contribution in [0.2, 0.25) is 0 Å². The van der Waals surface area contributed by atoms with Crippen LogP contribution in [0.15, 0.2) is 0 Å². The van der Waals surface area contributed by atoms with Crippen molar-refractivity contribution >= 4 is 98.2 Å². The van der Waals surface area contributed by atoms with Crippen LogP contribution >= 0.6 is 33.6 Å². The highest BCUT2D eigenvalue weighted by molar-refractivity contribution is 8.44. The Morgan fingerprint density at radius 2 is 0.648 bits per heavy atom. The quantitative estimate of drug-likeness (QED) is 0.0235. The maximum absolute atomic E-state index is 14.3. The molecular formula is C79H139N6O35P3S2. The van der Waals surface area contributed by atoms with E-state index < -0.39 is 174 Å². The van der Waals surface area contributed by atoms with Gasteiger partial charge in [0.15, 0.2) is 18.9 Å². The third kappa shape index (κ3) is 37.7. The number of carbonyl (C=O) groups excluding carboxylic acids is 9. The number of piperidine rings is 3. The number of thiol groups is 1. The maximum atomic E-state index is 14.3. The number of hydrogen-bond acceptors (Lipinski definition) is 34. The second-order valence-corrected chi connectivity index (χ2v) is 41.2. The number of ether oxygens (including phenoxy) is 6. The van der Waals surface area contributed by atoms with Gasteiger partial charge in [0.2, 0.25) is 35.4 Å². The first-order valence-electron chi connectivity index (χ1n) is 43.6. The zero-order valence-corrected chi connectivity index (χ0v) is 76.8. The Bertz CT molecular complexity index is 3490. The molecule has 0 aromatic carbocycles. The average Bonchev–Trinajstić information content (AvgIpc) is 0.822. The van der Waals surface area contributed by atoms with E-state index in [1.54, 1.807) is 14.7 Å². The Morgan fingerprint density at radius 1 is 0.392 bits per heavy atom. The van der Waals surface area contributed by atoms with Gasteiger partial charge in [0.05, 0.1) is 79.3 Å². The molecule has 6 heterocycles. The molecule has 15 N–H and O–H groups in total. The Hall–Kier alpha value is -3.67. The van der Waals surface area contributed by atoms with E-state index in [-0.39, 0.29) is 204 Å². The fourth-order valence-electron chi connectivity index (χ4n) is 15.9. The number of aliphatic hydroxyl groups excluding tert-OH is 10. The Kier molecular flexibility index (Phi) is 48.5. The molecule has 18 atom stereocenters. The first-order valence-corrected chi connectivity index (χ1v) is 50.3. The molecule has 6 amide bonds. The lowest BCUT2D eigenvalue weighted by Gasteiger charge is -2.43. The number of likely N-dealkylation sites (tertiary alicyclic amines) is 3. The first kappa shape index (κ1) is 110. The van der Waals surface area contributed by atoms with Crippen LogP contribution in [-0.2, 0) is 120 Å². The van der Waals surface area contributed by atoms with Gasteiger partial charge in [-0.3, -0.25) is 52.2 Å². The zero-order chi connectivity index (χ0) is 92.1. The van der Waals surface area contributed by atoms with Crippen molar-refractivity contribution < 1.29 is 169 Å². The number of nitrogens with zero attached hydrogens (tertiary/aromatic N) is 3. The number of rotatable bonds is 59. The van der Waals surface area contributed by atoms with Crippen LogP contribution in [0.1, 0.15) is 213 Å². The van der Waals surface area contributed by atoms with Gasteiger partial charge in [-0.2, -0.15) is 0 Å². The highest BCUT2D eigenvalue weighted by Crippen LogP contribution is 2.57. The van der Waals surface area contributed by atoms with Crippen molar-refractivity contribution in [3.8, 4) is 0 Å². The van der Waals surface area contributed by atoms with Crippen molar-refractivity contribution in [2.75, 3.05) is 126 Å². The Morgan fingerprint density at radius 3 is 0.920 bits per heavy atom. The number of carbonyl (C=O) groups is 9. The second kappa shape index (κ2) is 55.1. The van der Waals surface area contributed by atoms with Gasteiger partial charge in [0.25, 0.3) is 0 Å². The molecule has 0 aromatic heterocycles. The number of ketones is 3. The van der Waals surface area contributed by atoms with Crippen LogP contribution in [0.25, 0.3) is 0 Å². The number of nitrogens with one attached hydrogen (secondary N) is 3. The van der Waals surface area contributed by atoms with E-state index in [2.05, 4.69) is 28.2 Å². The number of phosphoric ester groups is 1. The van der Waals surface area contributed by atoms with Gasteiger partial charge in [-0.05, 0) is 108 Å². The number of phosphoric acid groups is 1. The SMILES string of the molecule is COP(=O)(O)OCC1(COP(O)(=S)OCC2(COP(=O)(S)OCC3(CO)CCN(C(=O)CCCCCCC(=O)CCCO[C@@H]4O[C@H](CO)[C@H](O)[C@H](O)[C@H]4NC(C)=O)CC3)CCN(C(=O)CCCCCCC(=O)CCCO[C@@H]3O[C@H](CO)[C@H](O)[C@H](O)[C@H]3NC(C)=O)CC2)CCN(C(=O)CCCCCCC(=O)CCCO[C@@H]2O[C@H](CO)[C@H](O)[C@H](O)[C@H]2NC(C)=O)CC1. The number of Topliss-reactive ketones (excluding diaryl/α,β-unsaturated/α-hetero) is 3. The van der Waals surface area contributed by atoms with Crippen molar-refractivity contribution in [1.82, 2.24) is 30.7 Å². The highest BCUT2D eigenvalue weighted by Gasteiger charge is 2.50. The van der Waals surface area contributed by atoms with E-state index in [0.29, 0.717) is 116 Å². The zero-order valence-electron chi connectivity index (χ0n) is 72.4. The van der Waals surface area contributed by atoms with Gasteiger partial charge >= 0.3 is 21.3 Å². The third-order valence-corrected chi connectivity index (χ3v) is 28.0. The molecule has 0 radical (unpaired) electrons. The fourth-order valence-corrected chi connectivity index (χ4v) is 19.0. The molecule has 0 bridgehead atoms. The molecule has 0 aromatic rings. The summed E-state index contributed by atoms with van der Waals surface area (Å²) in [6.45, 7) is -7.45. The minimum atomic E-state index is -4.57. The predicted molar refractivity (Wildman–Crippen MR) is 451 cm³/mol. The normalized spacial score (nSPS) is 27.7. The van der Waals surface area contributed by atoms with Crippen LogP contribution in [0.3, 0.4) is 0 Å². The molecule has 6 aliphatic rings. The average molecular weight is 1890 g/mol. The molecule has 6 rings (SSSR count). The molecule has 6 saturated heterocycles. The van der Waals surface area contributed by atoms with Crippen LogP contribution in [-0.4, -0.2) is 346 Å². The minimum Gasteiger partial charge on any atom is -0.396 e. The molecule has 722 valence electrons. The molecule has 3 unspecified atom stereocenters. The van der Waals surface area contributed by atoms with Crippen LogP contribution in [0.5, 0.6) is 0 Å². The number of amides is 6. The minimum absolute atomic E-state index is 0.000263. The lowest BCUT2D eigenvalue weighted by molar-refractivity contribution is -0.270. The van der Waals surface area contributed by atoms with Crippen molar-refractivity contribution in [3.63, 3.8) is 0 Å². The van der Waals surface area contributed by atoms with Crippen molar-refractivity contribution in [3.05, 3.63) is 0 Å². The fraction of sp³-hybridized carbons (Fsp3) is 0.886. The van der Waals surface area contributed by atoms with Gasteiger partial charge in [0, 0.05) is 141 Å². The predicted octanol–water partition coefficient (Wildman–Crippen LogP) is 1.84. The summed E-state index contributed by atoms with van der Waals surface area (Å²) in [4.78, 5) is 142. The molecule has 46 heteroatoms. The smallest absolute Gasteiger partial charge is 0.396 e. The Labute approximate surface area is 741 Å². The largest absolute Gasteiger partial charge is 0.471 e. The highest BCUT2D eigenvalue weighted by atomic mass is 32.7. The van der Waals surface area contributed by atoms with E-state index >= 15 is 0 Å². The van der Waals surface area contributed by atoms with Crippen molar-refractivity contribution in [1.29, 1.82) is 0 Å². The summed E-state index contributed by atoms with van der Waals surface area (Å²) < 4.78 is 95.1. The molecule has 41 nitrogen and oxygen atoms in total. The van der Waals surface area contributed by atoms with E-state index in [1.807, 2.05) is 0 Å². The second-order valence-electron chi connectivity index (χ2n) is 33.8. The lowest BCUT2D eigenvalue weighted by atomic mass is 9.80. The summed E-state index contributed by atoms with van der Waals surface area (Å²) in [5, 5.41) is 109. The number of hydrogen-bond donors (Lipinski definition) is 16. The molecule has 0 spiro atoms. The summed E-state index contributed by atoms with van der Waals surface area (Å²) in [5.41, 5.74) is -3.15. The Balaban J connectivity index is 0.964. The van der Waals surface area contributed by atoms with Crippen LogP contribution in [0.4, 0.5) is 0 Å². The summed E-state index contributed by atoms with van der Waals surface area (Å²) in [7, 11) is -3.58. The molecule has 0 saturated carbocycles. The third-order valence-electron chi connectivity index (χ3n) is 24.0. The lowest BCUT2D eigenvalue weighted by Crippen LogP contribution is -2.64. The topological polar surface area (TPSA) is 587 Å². The van der Waals surface area contributed by atoms with E-state index in [1.165, 1.54) is 20.8 Å².